The summed E-state index contributed by atoms with van der Waals surface area (Å²) in [5.41, 5.74) is 0.803. The lowest BCUT2D eigenvalue weighted by Crippen LogP contribution is -2.51. The number of rotatable bonds is 3. The molecule has 120 valence electrons. The van der Waals surface area contributed by atoms with E-state index in [0.29, 0.717) is 32.8 Å². The van der Waals surface area contributed by atoms with Gasteiger partial charge in [0.1, 0.15) is 6.04 Å². The highest BCUT2D eigenvalue weighted by Crippen LogP contribution is 2.21. The highest BCUT2D eigenvalue weighted by atomic mass is 32.1. The maximum atomic E-state index is 12.6. The molecule has 1 aromatic rings. The Morgan fingerprint density at radius 2 is 2.14 bits per heavy atom. The summed E-state index contributed by atoms with van der Waals surface area (Å²) in [6.07, 6.45) is 1.94. The number of aromatic nitrogens is 1. The monoisotopic (exact) mass is 323 g/mol. The van der Waals surface area contributed by atoms with Crippen molar-refractivity contribution in [2.24, 2.45) is 0 Å². The molecule has 2 aliphatic heterocycles. The average Bonchev–Trinajstić information content (AvgIpc) is 3.16. The highest BCUT2D eigenvalue weighted by molar-refractivity contribution is 7.09. The predicted molar refractivity (Wildman–Crippen MR) is 82.7 cm³/mol. The van der Waals surface area contributed by atoms with Gasteiger partial charge in [-0.05, 0) is 19.8 Å². The average molecular weight is 323 g/mol. The van der Waals surface area contributed by atoms with Gasteiger partial charge in [0.25, 0.3) is 0 Å². The van der Waals surface area contributed by atoms with Gasteiger partial charge in [-0.3, -0.25) is 9.59 Å². The van der Waals surface area contributed by atoms with Crippen LogP contribution in [0.1, 0.15) is 23.5 Å². The van der Waals surface area contributed by atoms with Gasteiger partial charge in [0.05, 0.1) is 30.3 Å². The van der Waals surface area contributed by atoms with Crippen molar-refractivity contribution in [2.75, 3.05) is 32.8 Å². The van der Waals surface area contributed by atoms with E-state index < -0.39 is 0 Å². The minimum absolute atomic E-state index is 0.00871. The van der Waals surface area contributed by atoms with Crippen LogP contribution in [0.15, 0.2) is 5.38 Å². The molecule has 0 spiro atoms. The van der Waals surface area contributed by atoms with Crippen molar-refractivity contribution in [1.29, 1.82) is 0 Å². The van der Waals surface area contributed by atoms with Crippen LogP contribution in [0.2, 0.25) is 0 Å². The van der Waals surface area contributed by atoms with Gasteiger partial charge in [-0.2, -0.15) is 0 Å². The third-order valence-electron chi connectivity index (χ3n) is 4.18. The molecule has 0 radical (unpaired) electrons. The molecule has 3 rings (SSSR count). The van der Waals surface area contributed by atoms with Gasteiger partial charge >= 0.3 is 0 Å². The van der Waals surface area contributed by atoms with E-state index in [0.717, 1.165) is 23.5 Å². The first-order valence-corrected chi connectivity index (χ1v) is 8.60. The molecular weight excluding hydrogens is 302 g/mol. The number of nitrogens with zero attached hydrogens (tertiary/aromatic N) is 3. The zero-order chi connectivity index (χ0) is 15.5. The van der Waals surface area contributed by atoms with E-state index in [1.165, 1.54) is 0 Å². The molecule has 0 aliphatic carbocycles. The smallest absolute Gasteiger partial charge is 0.245 e. The Kier molecular flexibility index (Phi) is 4.73. The maximum Gasteiger partial charge on any atom is 0.245 e. The first kappa shape index (κ1) is 15.4. The summed E-state index contributed by atoms with van der Waals surface area (Å²) in [5.74, 6) is 0.0815. The summed E-state index contributed by atoms with van der Waals surface area (Å²) in [6.45, 7) is 5.03. The molecule has 2 aliphatic rings. The molecule has 0 saturated carbocycles. The van der Waals surface area contributed by atoms with E-state index in [1.54, 1.807) is 16.2 Å². The molecule has 3 heterocycles. The van der Waals surface area contributed by atoms with E-state index >= 15 is 0 Å². The van der Waals surface area contributed by atoms with E-state index in [2.05, 4.69) is 4.98 Å². The van der Waals surface area contributed by atoms with Crippen LogP contribution < -0.4 is 0 Å². The van der Waals surface area contributed by atoms with E-state index in [9.17, 15) is 9.59 Å². The van der Waals surface area contributed by atoms with Crippen LogP contribution in [0.5, 0.6) is 0 Å². The summed E-state index contributed by atoms with van der Waals surface area (Å²) in [4.78, 5) is 33.1. The SMILES string of the molecule is Cc1nc(CC(=O)N2CCC[C@H]2C(=O)N2CCOCC2)cs1. The molecule has 1 atom stereocenters. The highest BCUT2D eigenvalue weighted by Gasteiger charge is 2.36. The lowest BCUT2D eigenvalue weighted by atomic mass is 10.1. The summed E-state index contributed by atoms with van der Waals surface area (Å²) in [5, 5.41) is 2.88. The Morgan fingerprint density at radius 3 is 2.82 bits per heavy atom. The van der Waals surface area contributed by atoms with E-state index in [4.69, 9.17) is 4.74 Å². The van der Waals surface area contributed by atoms with Crippen molar-refractivity contribution in [3.63, 3.8) is 0 Å². The summed E-state index contributed by atoms with van der Waals surface area (Å²) < 4.78 is 5.29. The molecule has 2 saturated heterocycles. The van der Waals surface area contributed by atoms with Gasteiger partial charge < -0.3 is 14.5 Å². The topological polar surface area (TPSA) is 62.7 Å². The molecule has 2 fully saturated rings. The van der Waals surface area contributed by atoms with Crippen LogP contribution in [0.3, 0.4) is 0 Å². The van der Waals surface area contributed by atoms with E-state index in [-0.39, 0.29) is 24.3 Å². The van der Waals surface area contributed by atoms with Crippen molar-refractivity contribution in [3.8, 4) is 0 Å². The van der Waals surface area contributed by atoms with Crippen molar-refractivity contribution in [2.45, 2.75) is 32.2 Å². The van der Waals surface area contributed by atoms with Gasteiger partial charge in [-0.25, -0.2) is 4.98 Å². The zero-order valence-corrected chi connectivity index (χ0v) is 13.6. The summed E-state index contributed by atoms with van der Waals surface area (Å²) in [6, 6.07) is -0.301. The van der Waals surface area contributed by atoms with Gasteiger partial charge in [0.2, 0.25) is 11.8 Å². The molecule has 2 amide bonds. The molecule has 0 bridgehead atoms. The van der Waals surface area contributed by atoms with Crippen LogP contribution >= 0.6 is 11.3 Å². The summed E-state index contributed by atoms with van der Waals surface area (Å²) in [7, 11) is 0. The Bertz CT molecular complexity index is 554. The third-order valence-corrected chi connectivity index (χ3v) is 5.00. The number of hydrogen-bond acceptors (Lipinski definition) is 5. The number of hydrogen-bond donors (Lipinski definition) is 0. The first-order chi connectivity index (χ1) is 10.6. The summed E-state index contributed by atoms with van der Waals surface area (Å²) >= 11 is 1.55. The lowest BCUT2D eigenvalue weighted by molar-refractivity contribution is -0.146. The number of carbonyl (C=O) groups excluding carboxylic acids is 2. The number of amides is 2. The number of morpholine rings is 1. The first-order valence-electron chi connectivity index (χ1n) is 7.72. The van der Waals surface area contributed by atoms with Crippen molar-refractivity contribution in [3.05, 3.63) is 16.1 Å². The second-order valence-corrected chi connectivity index (χ2v) is 6.78. The number of thiazole rings is 1. The largest absolute Gasteiger partial charge is 0.378 e. The molecule has 22 heavy (non-hydrogen) atoms. The molecule has 7 heteroatoms. The van der Waals surface area contributed by atoms with Crippen molar-refractivity contribution in [1.82, 2.24) is 14.8 Å². The number of ether oxygens (including phenoxy) is 1. The fourth-order valence-corrected chi connectivity index (χ4v) is 3.67. The van der Waals surface area contributed by atoms with Crippen LogP contribution in [-0.4, -0.2) is 65.5 Å². The Hall–Kier alpha value is -1.47. The van der Waals surface area contributed by atoms with Gasteiger partial charge in [0.15, 0.2) is 0 Å². The minimum Gasteiger partial charge on any atom is -0.378 e. The Balaban J connectivity index is 1.64. The number of carbonyl (C=O) groups is 2. The fourth-order valence-electron chi connectivity index (χ4n) is 3.06. The van der Waals surface area contributed by atoms with Crippen molar-refractivity contribution < 1.29 is 14.3 Å². The fraction of sp³-hybridized carbons (Fsp3) is 0.667. The van der Waals surface area contributed by atoms with E-state index in [1.807, 2.05) is 17.2 Å². The van der Waals surface area contributed by atoms with Gasteiger partial charge in [-0.15, -0.1) is 11.3 Å². The zero-order valence-electron chi connectivity index (χ0n) is 12.8. The Morgan fingerprint density at radius 1 is 1.36 bits per heavy atom. The van der Waals surface area contributed by atoms with Crippen LogP contribution in [0.25, 0.3) is 0 Å². The lowest BCUT2D eigenvalue weighted by Gasteiger charge is -2.32. The van der Waals surface area contributed by atoms with Gasteiger partial charge in [-0.1, -0.05) is 0 Å². The maximum absolute atomic E-state index is 12.6. The van der Waals surface area contributed by atoms with Crippen LogP contribution in [0, 0.1) is 6.92 Å². The molecule has 0 aromatic carbocycles. The molecule has 1 aromatic heterocycles. The van der Waals surface area contributed by atoms with Crippen LogP contribution in [-0.2, 0) is 20.7 Å². The molecule has 6 nitrogen and oxygen atoms in total. The standard InChI is InChI=1S/C15H21N3O3S/c1-11-16-12(10-22-11)9-14(19)18-4-2-3-13(18)15(20)17-5-7-21-8-6-17/h10,13H,2-9H2,1H3/t13-/m0/s1. The molecule has 0 N–H and O–H groups in total. The minimum atomic E-state index is -0.301. The van der Waals surface area contributed by atoms with Gasteiger partial charge in [0, 0.05) is 25.0 Å². The number of likely N-dealkylation sites (tertiary alicyclic amines) is 1. The normalized spacial score (nSPS) is 22.1. The third kappa shape index (κ3) is 3.30. The van der Waals surface area contributed by atoms with Crippen LogP contribution in [0.4, 0.5) is 0 Å². The number of aryl methyl sites for hydroxylation is 1. The molecule has 0 unspecified atom stereocenters. The quantitative estimate of drug-likeness (QED) is 0.827. The Labute approximate surface area is 134 Å². The second-order valence-electron chi connectivity index (χ2n) is 5.72. The molecular formula is C15H21N3O3S. The second kappa shape index (κ2) is 6.75. The predicted octanol–water partition coefficient (Wildman–Crippen LogP) is 0.844. The van der Waals surface area contributed by atoms with Crippen molar-refractivity contribution >= 4 is 23.2 Å².